The zero-order valence-electron chi connectivity index (χ0n) is 8.28. The van der Waals surface area contributed by atoms with Crippen molar-refractivity contribution in [2.45, 2.75) is 32.5 Å². The molecule has 1 rings (SSSR count). The van der Waals surface area contributed by atoms with Gasteiger partial charge in [0.2, 0.25) is 0 Å². The summed E-state index contributed by atoms with van der Waals surface area (Å²) in [7, 11) is 0. The lowest BCUT2D eigenvalue weighted by molar-refractivity contribution is -0.139. The van der Waals surface area contributed by atoms with Crippen molar-refractivity contribution in [1.29, 1.82) is 0 Å². The molecule has 1 aromatic rings. The van der Waals surface area contributed by atoms with Crippen LogP contribution in [0.25, 0.3) is 0 Å². The average Bonchev–Trinajstić information content (AvgIpc) is 2.22. The largest absolute Gasteiger partial charge is 0.421 e. The van der Waals surface area contributed by atoms with Gasteiger partial charge in [0, 0.05) is 0 Å². The molecule has 0 atom stereocenters. The molecule has 0 aliphatic carbocycles. The summed E-state index contributed by atoms with van der Waals surface area (Å²) in [6.07, 6.45) is -4.38. The molecule has 0 unspecified atom stereocenters. The molecule has 2 nitrogen and oxygen atoms in total. The fourth-order valence-corrected chi connectivity index (χ4v) is 3.39. The molecule has 0 aliphatic rings. The monoisotopic (exact) mass is 396 g/mol. The number of hydrogen-bond acceptors (Lipinski definition) is 1. The molecule has 0 saturated carbocycles. The molecule has 0 amide bonds. The Bertz CT molecular complexity index is 378. The molecule has 0 bridgehead atoms. The Balaban J connectivity index is 3.41. The molecule has 1 heterocycles. The van der Waals surface area contributed by atoms with Crippen LogP contribution in [0.5, 0.6) is 0 Å². The van der Waals surface area contributed by atoms with Gasteiger partial charge in [-0.2, -0.15) is 18.3 Å². The Kier molecular flexibility index (Phi) is 3.45. The van der Waals surface area contributed by atoms with Crippen LogP contribution in [0.15, 0.2) is 4.60 Å². The normalized spacial score (nSPS) is 13.3. The fourth-order valence-electron chi connectivity index (χ4n) is 1.05. The van der Waals surface area contributed by atoms with E-state index in [4.69, 9.17) is 0 Å². The number of hydrogen-bond donors (Lipinski definition) is 0. The SMILES string of the molecule is CC(C)(C)n1nc(Br)c(C(F)(F)F)c1I. The molecule has 0 saturated heterocycles. The summed E-state index contributed by atoms with van der Waals surface area (Å²) in [5, 5.41) is 3.85. The highest BCUT2D eigenvalue weighted by molar-refractivity contribution is 14.1. The molecular weight excluding hydrogens is 388 g/mol. The van der Waals surface area contributed by atoms with E-state index in [0.717, 1.165) is 0 Å². The number of alkyl halides is 3. The molecule has 0 N–H and O–H groups in total. The van der Waals surface area contributed by atoms with Crippen LogP contribution in [0.3, 0.4) is 0 Å². The fraction of sp³-hybridized carbons (Fsp3) is 0.625. The molecule has 86 valence electrons. The van der Waals surface area contributed by atoms with Gasteiger partial charge in [0.15, 0.2) is 0 Å². The summed E-state index contributed by atoms with van der Waals surface area (Å²) in [5.41, 5.74) is -1.18. The highest BCUT2D eigenvalue weighted by Gasteiger charge is 2.40. The highest BCUT2D eigenvalue weighted by atomic mass is 127. The van der Waals surface area contributed by atoms with Gasteiger partial charge < -0.3 is 0 Å². The second-order valence-electron chi connectivity index (χ2n) is 4.04. The van der Waals surface area contributed by atoms with Crippen LogP contribution in [0.2, 0.25) is 0 Å². The lowest BCUT2D eigenvalue weighted by Crippen LogP contribution is -2.25. The van der Waals surface area contributed by atoms with E-state index in [1.807, 2.05) is 0 Å². The molecule has 0 fully saturated rings. The van der Waals surface area contributed by atoms with Crippen molar-refractivity contribution in [3.05, 3.63) is 13.9 Å². The van der Waals surface area contributed by atoms with E-state index in [0.29, 0.717) is 0 Å². The Labute approximate surface area is 107 Å². The van der Waals surface area contributed by atoms with Gasteiger partial charge in [-0.3, -0.25) is 4.68 Å². The molecule has 15 heavy (non-hydrogen) atoms. The first-order chi connectivity index (χ1) is 6.55. The maximum Gasteiger partial charge on any atom is 0.421 e. The van der Waals surface area contributed by atoms with E-state index in [2.05, 4.69) is 21.0 Å². The van der Waals surface area contributed by atoms with Crippen LogP contribution >= 0.6 is 38.5 Å². The third-order valence-corrected chi connectivity index (χ3v) is 3.26. The van der Waals surface area contributed by atoms with Gasteiger partial charge in [-0.15, -0.1) is 0 Å². The number of rotatable bonds is 0. The Morgan fingerprint density at radius 2 is 1.73 bits per heavy atom. The van der Waals surface area contributed by atoms with Crippen molar-refractivity contribution in [2.75, 3.05) is 0 Å². The highest BCUT2D eigenvalue weighted by Crippen LogP contribution is 2.39. The van der Waals surface area contributed by atoms with Crippen molar-refractivity contribution >= 4 is 38.5 Å². The van der Waals surface area contributed by atoms with Gasteiger partial charge in [-0.05, 0) is 59.3 Å². The van der Waals surface area contributed by atoms with Crippen LogP contribution in [0, 0.1) is 3.70 Å². The summed E-state index contributed by atoms with van der Waals surface area (Å²) in [4.78, 5) is 0. The van der Waals surface area contributed by atoms with Gasteiger partial charge in [-0.25, -0.2) is 0 Å². The van der Waals surface area contributed by atoms with E-state index in [9.17, 15) is 13.2 Å². The summed E-state index contributed by atoms with van der Waals surface area (Å²) >= 11 is 4.50. The Morgan fingerprint density at radius 3 is 1.93 bits per heavy atom. The molecule has 0 aromatic carbocycles. The van der Waals surface area contributed by atoms with Crippen LogP contribution < -0.4 is 0 Å². The quantitative estimate of drug-likeness (QED) is 0.605. The lowest BCUT2D eigenvalue weighted by Gasteiger charge is -2.20. The Morgan fingerprint density at radius 1 is 1.27 bits per heavy atom. The number of aromatic nitrogens is 2. The second-order valence-corrected chi connectivity index (χ2v) is 5.81. The van der Waals surface area contributed by atoms with Crippen molar-refractivity contribution in [3.63, 3.8) is 0 Å². The first-order valence-electron chi connectivity index (χ1n) is 4.07. The first kappa shape index (κ1) is 13.3. The minimum absolute atomic E-state index is 0.0967. The van der Waals surface area contributed by atoms with Crippen LogP contribution in [0.1, 0.15) is 26.3 Å². The first-order valence-corrected chi connectivity index (χ1v) is 5.94. The van der Waals surface area contributed by atoms with E-state index < -0.39 is 17.3 Å². The van der Waals surface area contributed by atoms with E-state index in [1.165, 1.54) is 4.68 Å². The van der Waals surface area contributed by atoms with Crippen molar-refractivity contribution in [2.24, 2.45) is 0 Å². The smallest absolute Gasteiger partial charge is 0.252 e. The predicted molar refractivity (Wildman–Crippen MR) is 62.6 cm³/mol. The summed E-state index contributed by atoms with van der Waals surface area (Å²) in [6, 6.07) is 0. The topological polar surface area (TPSA) is 17.8 Å². The second kappa shape index (κ2) is 3.90. The van der Waals surface area contributed by atoms with E-state index >= 15 is 0 Å². The van der Waals surface area contributed by atoms with Crippen molar-refractivity contribution < 1.29 is 13.2 Å². The van der Waals surface area contributed by atoms with Gasteiger partial charge >= 0.3 is 6.18 Å². The molecule has 0 spiro atoms. The minimum Gasteiger partial charge on any atom is -0.252 e. The molecule has 0 aliphatic heterocycles. The zero-order valence-corrected chi connectivity index (χ0v) is 12.0. The van der Waals surface area contributed by atoms with Crippen LogP contribution in [-0.4, -0.2) is 9.78 Å². The maximum absolute atomic E-state index is 12.6. The molecule has 0 radical (unpaired) electrons. The third-order valence-electron chi connectivity index (χ3n) is 1.71. The van der Waals surface area contributed by atoms with E-state index in [1.54, 1.807) is 43.4 Å². The average molecular weight is 397 g/mol. The summed E-state index contributed by atoms with van der Waals surface area (Å²) in [5.74, 6) is 0. The summed E-state index contributed by atoms with van der Waals surface area (Å²) in [6.45, 7) is 5.40. The standard InChI is InChI=1S/C8H9BrF3IN2/c1-7(2,3)15-6(13)4(5(9)14-15)8(10,11)12/h1-3H3. The summed E-state index contributed by atoms with van der Waals surface area (Å²) < 4.78 is 39.2. The number of halogens is 5. The maximum atomic E-state index is 12.6. The van der Waals surface area contributed by atoms with Gasteiger partial charge in [0.25, 0.3) is 0 Å². The van der Waals surface area contributed by atoms with Crippen molar-refractivity contribution in [3.8, 4) is 0 Å². The molecule has 7 heteroatoms. The lowest BCUT2D eigenvalue weighted by atomic mass is 10.1. The van der Waals surface area contributed by atoms with Gasteiger partial charge in [0.05, 0.1) is 5.54 Å². The minimum atomic E-state index is -4.38. The van der Waals surface area contributed by atoms with E-state index in [-0.39, 0.29) is 8.30 Å². The van der Waals surface area contributed by atoms with Gasteiger partial charge in [-0.1, -0.05) is 0 Å². The third kappa shape index (κ3) is 2.66. The van der Waals surface area contributed by atoms with Crippen LogP contribution in [0.4, 0.5) is 13.2 Å². The predicted octanol–water partition coefficient (Wildman–Crippen LogP) is 4.02. The molecular formula is C8H9BrF3IN2. The zero-order chi connectivity index (χ0) is 12.0. The van der Waals surface area contributed by atoms with Gasteiger partial charge in [0.1, 0.15) is 13.9 Å². The van der Waals surface area contributed by atoms with Crippen molar-refractivity contribution in [1.82, 2.24) is 9.78 Å². The number of nitrogens with zero attached hydrogens (tertiary/aromatic N) is 2. The van der Waals surface area contributed by atoms with Crippen LogP contribution in [-0.2, 0) is 11.7 Å². The Hall–Kier alpha value is 0.210. The molecule has 1 aromatic heterocycles.